The molecule has 4 unspecified atom stereocenters. The molecule has 0 aliphatic heterocycles. The van der Waals surface area contributed by atoms with E-state index >= 15 is 0 Å². The van der Waals surface area contributed by atoms with Crippen molar-refractivity contribution in [3.63, 3.8) is 0 Å². The average molecular weight is 709 g/mol. The first-order valence-electron chi connectivity index (χ1n) is 17.4. The van der Waals surface area contributed by atoms with E-state index in [-0.39, 0.29) is 52.6 Å². The van der Waals surface area contributed by atoms with Crippen molar-refractivity contribution in [1.29, 1.82) is 0 Å². The van der Waals surface area contributed by atoms with Gasteiger partial charge in [0.15, 0.2) is 0 Å². The predicted molar refractivity (Wildman–Crippen MR) is 203 cm³/mol. The summed E-state index contributed by atoms with van der Waals surface area (Å²) < 4.78 is 23.3. The largest absolute Gasteiger partial charge is 0.491 e. The van der Waals surface area contributed by atoms with Crippen LogP contribution in [0.15, 0.2) is 146 Å². The molecular weight excluding hydrogens is 660 g/mol. The molecule has 0 amide bonds. The van der Waals surface area contributed by atoms with Crippen molar-refractivity contribution in [2.24, 2.45) is 0 Å². The Morgan fingerprint density at radius 1 is 0.346 bits per heavy atom. The van der Waals surface area contributed by atoms with Gasteiger partial charge in [0, 0.05) is 37.6 Å². The SMILES string of the molecule is OC(COc1ccccc1)CN(CC(O)COc1ccccc1)c1cccc(N(CC(O)COc2ccccc2)CC(O)COc2ccccc2)c1. The number of benzene rings is 5. The van der Waals surface area contributed by atoms with Crippen molar-refractivity contribution < 1.29 is 39.4 Å². The standard InChI is InChI=1S/C42H48N2O8/c45-35(29-49-39-16-5-1-6-17-39)25-43(26-36(46)30-50-40-18-7-2-8-19-40)33-14-13-15-34(24-33)44(27-37(47)31-51-41-20-9-3-10-21-41)28-38(48)32-52-42-22-11-4-12-23-42/h1-24,35-38,45-48H,25-32H2. The normalized spacial score (nSPS) is 13.3. The first-order chi connectivity index (χ1) is 25.4. The van der Waals surface area contributed by atoms with E-state index in [1.807, 2.05) is 155 Å². The average Bonchev–Trinajstić information content (AvgIpc) is 3.19. The monoisotopic (exact) mass is 708 g/mol. The summed E-state index contributed by atoms with van der Waals surface area (Å²) >= 11 is 0. The van der Waals surface area contributed by atoms with Crippen LogP contribution in [0.5, 0.6) is 23.0 Å². The zero-order chi connectivity index (χ0) is 36.4. The molecule has 52 heavy (non-hydrogen) atoms. The lowest BCUT2D eigenvalue weighted by Crippen LogP contribution is -2.43. The molecule has 0 saturated carbocycles. The maximum atomic E-state index is 11.1. The molecule has 0 aliphatic rings. The number of anilines is 2. The minimum atomic E-state index is -0.892. The molecule has 0 aromatic heterocycles. The van der Waals surface area contributed by atoms with E-state index in [2.05, 4.69) is 0 Å². The number of hydrogen-bond acceptors (Lipinski definition) is 10. The summed E-state index contributed by atoms with van der Waals surface area (Å²) in [5.41, 5.74) is 1.43. The summed E-state index contributed by atoms with van der Waals surface area (Å²) in [5.74, 6) is 2.58. The number of nitrogens with zero attached hydrogens (tertiary/aromatic N) is 2. The Labute approximate surface area is 305 Å². The summed E-state index contributed by atoms with van der Waals surface area (Å²) in [7, 11) is 0. The summed E-state index contributed by atoms with van der Waals surface area (Å²) in [5, 5.41) is 44.4. The molecule has 4 N–H and O–H groups in total. The van der Waals surface area contributed by atoms with Crippen LogP contribution in [-0.2, 0) is 0 Å². The van der Waals surface area contributed by atoms with Gasteiger partial charge in [-0.2, -0.15) is 0 Å². The third-order valence-corrected chi connectivity index (χ3v) is 8.03. The van der Waals surface area contributed by atoms with Crippen molar-refractivity contribution in [2.45, 2.75) is 24.4 Å². The van der Waals surface area contributed by atoms with Crippen LogP contribution in [0.3, 0.4) is 0 Å². The van der Waals surface area contributed by atoms with E-state index in [0.717, 1.165) is 0 Å². The fourth-order valence-electron chi connectivity index (χ4n) is 5.52. The second kappa shape index (κ2) is 20.6. The molecule has 10 nitrogen and oxygen atoms in total. The minimum absolute atomic E-state index is 0.0458. The lowest BCUT2D eigenvalue weighted by Gasteiger charge is -2.32. The Morgan fingerprint density at radius 2 is 0.596 bits per heavy atom. The molecular formula is C42H48N2O8. The van der Waals surface area contributed by atoms with Crippen molar-refractivity contribution in [3.8, 4) is 23.0 Å². The molecule has 5 aromatic rings. The smallest absolute Gasteiger partial charge is 0.119 e. The van der Waals surface area contributed by atoms with Crippen LogP contribution in [0.1, 0.15) is 0 Å². The van der Waals surface area contributed by atoms with E-state index in [1.165, 1.54) is 0 Å². The van der Waals surface area contributed by atoms with Gasteiger partial charge in [-0.05, 0) is 66.7 Å². The van der Waals surface area contributed by atoms with Gasteiger partial charge in [-0.15, -0.1) is 0 Å². The molecule has 274 valence electrons. The summed E-state index contributed by atoms with van der Waals surface area (Å²) in [6, 6.07) is 44.6. The first-order valence-corrected chi connectivity index (χ1v) is 17.4. The minimum Gasteiger partial charge on any atom is -0.491 e. The molecule has 0 saturated heterocycles. The molecule has 0 fully saturated rings. The molecule has 5 aromatic carbocycles. The number of hydrogen-bond donors (Lipinski definition) is 4. The van der Waals surface area contributed by atoms with Gasteiger partial charge in [-0.1, -0.05) is 78.9 Å². The lowest BCUT2D eigenvalue weighted by molar-refractivity contribution is 0.0952. The number of para-hydroxylation sites is 4. The zero-order valence-electron chi connectivity index (χ0n) is 29.1. The summed E-state index contributed by atoms with van der Waals surface area (Å²) in [4.78, 5) is 3.76. The quantitative estimate of drug-likeness (QED) is 0.0776. The van der Waals surface area contributed by atoms with Gasteiger partial charge < -0.3 is 49.2 Å². The second-order valence-electron chi connectivity index (χ2n) is 12.4. The Hall–Kier alpha value is -5.26. The fraction of sp³-hybridized carbons (Fsp3) is 0.286. The van der Waals surface area contributed by atoms with Crippen LogP contribution in [-0.4, -0.2) is 97.4 Å². The number of rotatable bonds is 22. The third-order valence-electron chi connectivity index (χ3n) is 8.03. The Kier molecular flexibility index (Phi) is 15.0. The summed E-state index contributed by atoms with van der Waals surface area (Å²) in [6.07, 6.45) is -3.57. The molecule has 0 bridgehead atoms. The van der Waals surface area contributed by atoms with E-state index < -0.39 is 24.4 Å². The van der Waals surface area contributed by atoms with Gasteiger partial charge in [0.1, 0.15) is 73.8 Å². The second-order valence-corrected chi connectivity index (χ2v) is 12.4. The topological polar surface area (TPSA) is 124 Å². The Balaban J connectivity index is 1.32. The van der Waals surface area contributed by atoms with Crippen molar-refractivity contribution in [2.75, 3.05) is 62.4 Å². The number of aliphatic hydroxyl groups excluding tert-OH is 4. The van der Waals surface area contributed by atoms with E-state index in [4.69, 9.17) is 18.9 Å². The molecule has 10 heteroatoms. The van der Waals surface area contributed by atoms with Crippen LogP contribution in [0.25, 0.3) is 0 Å². The fourth-order valence-corrected chi connectivity index (χ4v) is 5.52. The highest BCUT2D eigenvalue weighted by Crippen LogP contribution is 2.25. The maximum Gasteiger partial charge on any atom is 0.119 e. The summed E-state index contributed by atoms with van der Waals surface area (Å²) in [6.45, 7) is 0.793. The molecule has 0 radical (unpaired) electrons. The molecule has 0 spiro atoms. The van der Waals surface area contributed by atoms with Crippen molar-refractivity contribution in [3.05, 3.63) is 146 Å². The van der Waals surface area contributed by atoms with E-state index in [0.29, 0.717) is 34.4 Å². The van der Waals surface area contributed by atoms with Crippen molar-refractivity contribution >= 4 is 11.4 Å². The van der Waals surface area contributed by atoms with Crippen molar-refractivity contribution in [1.82, 2.24) is 0 Å². The number of ether oxygens (including phenoxy) is 4. The molecule has 4 atom stereocenters. The highest BCUT2D eigenvalue weighted by molar-refractivity contribution is 5.60. The van der Waals surface area contributed by atoms with Gasteiger partial charge in [-0.25, -0.2) is 0 Å². The van der Waals surface area contributed by atoms with Crippen LogP contribution < -0.4 is 28.7 Å². The predicted octanol–water partition coefficient (Wildman–Crippen LogP) is 5.06. The van der Waals surface area contributed by atoms with Crippen LogP contribution in [0.4, 0.5) is 11.4 Å². The number of aliphatic hydroxyl groups is 4. The maximum absolute atomic E-state index is 11.1. The Bertz CT molecular complexity index is 1460. The zero-order valence-corrected chi connectivity index (χ0v) is 29.1. The highest BCUT2D eigenvalue weighted by atomic mass is 16.5. The van der Waals surface area contributed by atoms with Crippen LogP contribution in [0.2, 0.25) is 0 Å². The van der Waals surface area contributed by atoms with Gasteiger partial charge >= 0.3 is 0 Å². The van der Waals surface area contributed by atoms with E-state index in [1.54, 1.807) is 0 Å². The van der Waals surface area contributed by atoms with E-state index in [9.17, 15) is 20.4 Å². The van der Waals surface area contributed by atoms with Crippen LogP contribution >= 0.6 is 0 Å². The lowest BCUT2D eigenvalue weighted by atomic mass is 10.1. The van der Waals surface area contributed by atoms with Crippen LogP contribution in [0, 0.1) is 0 Å². The Morgan fingerprint density at radius 3 is 0.846 bits per heavy atom. The molecule has 5 rings (SSSR count). The van der Waals surface area contributed by atoms with Gasteiger partial charge in [0.25, 0.3) is 0 Å². The van der Waals surface area contributed by atoms with Gasteiger partial charge in [0.2, 0.25) is 0 Å². The van der Waals surface area contributed by atoms with Gasteiger partial charge in [-0.3, -0.25) is 0 Å². The first kappa shape index (κ1) is 38.0. The van der Waals surface area contributed by atoms with Gasteiger partial charge in [0.05, 0.1) is 0 Å². The molecule has 0 heterocycles. The molecule has 0 aliphatic carbocycles. The highest BCUT2D eigenvalue weighted by Gasteiger charge is 2.22. The third kappa shape index (κ3) is 13.1.